The van der Waals surface area contributed by atoms with Crippen molar-refractivity contribution in [2.24, 2.45) is 5.41 Å². The van der Waals surface area contributed by atoms with Gasteiger partial charge in [-0.05, 0) is 25.0 Å². The number of hydrogen-bond donors (Lipinski definition) is 2. The third-order valence-electron chi connectivity index (χ3n) is 3.26. The molecule has 106 valence electrons. The van der Waals surface area contributed by atoms with Gasteiger partial charge in [-0.1, -0.05) is 0 Å². The van der Waals surface area contributed by atoms with Crippen LogP contribution in [0.5, 0.6) is 0 Å². The Kier molecular flexibility index (Phi) is 3.93. The Balaban J connectivity index is 2.09. The first-order valence-electron chi connectivity index (χ1n) is 5.81. The van der Waals surface area contributed by atoms with Crippen molar-refractivity contribution in [3.63, 3.8) is 0 Å². The number of carboxylic acid groups (broad SMARTS) is 1. The maximum absolute atomic E-state index is 11.9. The topological polar surface area (TPSA) is 106 Å². The molecule has 1 aliphatic rings. The van der Waals surface area contributed by atoms with Gasteiger partial charge in [0.15, 0.2) is 0 Å². The molecule has 2 N–H and O–H groups in total. The van der Waals surface area contributed by atoms with Crippen molar-refractivity contribution in [3.05, 3.63) is 18.4 Å². The molecule has 7 nitrogen and oxygen atoms in total. The number of aliphatic carboxylic acids is 1. The molecule has 1 aromatic rings. The number of carboxylic acids is 1. The van der Waals surface area contributed by atoms with Crippen LogP contribution in [0.25, 0.3) is 0 Å². The van der Waals surface area contributed by atoms with Crippen LogP contribution in [0.4, 0.5) is 0 Å². The Morgan fingerprint density at radius 2 is 2.11 bits per heavy atom. The molecule has 8 heteroatoms. The lowest BCUT2D eigenvalue weighted by atomic mass is 9.80. The minimum Gasteiger partial charge on any atom is -0.481 e. The summed E-state index contributed by atoms with van der Waals surface area (Å²) < 4.78 is 36.0. The van der Waals surface area contributed by atoms with Crippen molar-refractivity contribution in [3.8, 4) is 0 Å². The van der Waals surface area contributed by atoms with Gasteiger partial charge < -0.3 is 14.3 Å². The Morgan fingerprint density at radius 1 is 1.42 bits per heavy atom. The zero-order valence-corrected chi connectivity index (χ0v) is 11.0. The first kappa shape index (κ1) is 14.0. The second kappa shape index (κ2) is 5.32. The quantitative estimate of drug-likeness (QED) is 0.814. The van der Waals surface area contributed by atoms with Crippen molar-refractivity contribution in [1.82, 2.24) is 4.72 Å². The Labute approximate surface area is 110 Å². The highest BCUT2D eigenvalue weighted by atomic mass is 32.2. The van der Waals surface area contributed by atoms with Crippen molar-refractivity contribution in [1.29, 1.82) is 0 Å². The first-order chi connectivity index (χ1) is 8.96. The lowest BCUT2D eigenvalue weighted by Gasteiger charge is -2.32. The minimum absolute atomic E-state index is 0.172. The molecule has 19 heavy (non-hydrogen) atoms. The monoisotopic (exact) mass is 289 g/mol. The average Bonchev–Trinajstić information content (AvgIpc) is 2.92. The summed E-state index contributed by atoms with van der Waals surface area (Å²) in [6.45, 7) is 0.457. The Bertz CT molecular complexity index is 530. The van der Waals surface area contributed by atoms with Gasteiger partial charge in [0, 0.05) is 19.8 Å². The van der Waals surface area contributed by atoms with E-state index in [1.54, 1.807) is 0 Å². The zero-order valence-electron chi connectivity index (χ0n) is 10.2. The summed E-state index contributed by atoms with van der Waals surface area (Å²) in [5.74, 6) is -1.02. The molecule has 0 bridgehead atoms. The SMILES string of the molecule is O=C(O)C1(CNS(=O)(=O)c2ccco2)CCOCC1. The Morgan fingerprint density at radius 3 is 2.63 bits per heavy atom. The van der Waals surface area contributed by atoms with Gasteiger partial charge in [0.05, 0.1) is 11.7 Å². The number of nitrogens with one attached hydrogen (secondary N) is 1. The van der Waals surface area contributed by atoms with Crippen molar-refractivity contribution < 1.29 is 27.5 Å². The molecule has 0 atom stereocenters. The van der Waals surface area contributed by atoms with Crippen molar-refractivity contribution >= 4 is 16.0 Å². The summed E-state index contributed by atoms with van der Waals surface area (Å²) in [6.07, 6.45) is 1.81. The zero-order chi connectivity index (χ0) is 13.9. The summed E-state index contributed by atoms with van der Waals surface area (Å²) in [5.41, 5.74) is -1.11. The molecule has 0 aromatic carbocycles. The number of carbonyl (C=O) groups is 1. The molecule has 1 saturated heterocycles. The van der Waals surface area contributed by atoms with Crippen molar-refractivity contribution in [2.75, 3.05) is 19.8 Å². The molecule has 2 heterocycles. The van der Waals surface area contributed by atoms with Crippen LogP contribution >= 0.6 is 0 Å². The highest BCUT2D eigenvalue weighted by molar-refractivity contribution is 7.89. The van der Waals surface area contributed by atoms with E-state index in [2.05, 4.69) is 4.72 Å². The van der Waals surface area contributed by atoms with Gasteiger partial charge in [0.2, 0.25) is 5.09 Å². The smallest absolute Gasteiger partial charge is 0.311 e. The number of rotatable bonds is 5. The predicted molar refractivity (Wildman–Crippen MR) is 64.0 cm³/mol. The Hall–Kier alpha value is -1.38. The van der Waals surface area contributed by atoms with Gasteiger partial charge in [0.25, 0.3) is 10.0 Å². The van der Waals surface area contributed by atoms with Crippen LogP contribution in [0.2, 0.25) is 0 Å². The summed E-state index contributed by atoms with van der Waals surface area (Å²) in [4.78, 5) is 11.4. The van der Waals surface area contributed by atoms with E-state index in [1.807, 2.05) is 0 Å². The first-order valence-corrected chi connectivity index (χ1v) is 7.29. The van der Waals surface area contributed by atoms with E-state index in [0.717, 1.165) is 0 Å². The van der Waals surface area contributed by atoms with E-state index >= 15 is 0 Å². The van der Waals surface area contributed by atoms with Gasteiger partial charge in [-0.25, -0.2) is 13.1 Å². The second-order valence-electron chi connectivity index (χ2n) is 4.45. The molecule has 0 aliphatic carbocycles. The van der Waals surface area contributed by atoms with Crippen LogP contribution in [-0.2, 0) is 19.6 Å². The number of hydrogen-bond acceptors (Lipinski definition) is 5. The molecule has 0 radical (unpaired) electrons. The average molecular weight is 289 g/mol. The number of ether oxygens (including phenoxy) is 1. The highest BCUT2D eigenvalue weighted by Crippen LogP contribution is 2.30. The fourth-order valence-electron chi connectivity index (χ4n) is 1.95. The van der Waals surface area contributed by atoms with Gasteiger partial charge in [-0.2, -0.15) is 0 Å². The van der Waals surface area contributed by atoms with Crippen LogP contribution < -0.4 is 4.72 Å². The van der Waals surface area contributed by atoms with E-state index in [9.17, 15) is 18.3 Å². The van der Waals surface area contributed by atoms with Gasteiger partial charge in [0.1, 0.15) is 0 Å². The fourth-order valence-corrected chi connectivity index (χ4v) is 3.00. The van der Waals surface area contributed by atoms with Crippen LogP contribution in [0.3, 0.4) is 0 Å². The summed E-state index contributed by atoms with van der Waals surface area (Å²) in [7, 11) is -3.81. The molecular weight excluding hydrogens is 274 g/mol. The van der Waals surface area contributed by atoms with E-state index in [4.69, 9.17) is 9.15 Å². The molecule has 1 aliphatic heterocycles. The van der Waals surface area contributed by atoms with Crippen LogP contribution in [-0.4, -0.2) is 39.3 Å². The molecule has 0 amide bonds. The van der Waals surface area contributed by atoms with Crippen molar-refractivity contribution in [2.45, 2.75) is 17.9 Å². The second-order valence-corrected chi connectivity index (χ2v) is 6.15. The number of sulfonamides is 1. The molecule has 1 fully saturated rings. The maximum atomic E-state index is 11.9. The fraction of sp³-hybridized carbons (Fsp3) is 0.545. The third kappa shape index (κ3) is 2.96. The largest absolute Gasteiger partial charge is 0.481 e. The van der Waals surface area contributed by atoms with E-state index in [-0.39, 0.29) is 24.5 Å². The van der Waals surface area contributed by atoms with Gasteiger partial charge in [-0.3, -0.25) is 4.79 Å². The molecule has 0 saturated carbocycles. The van der Waals surface area contributed by atoms with Gasteiger partial charge in [-0.15, -0.1) is 0 Å². The highest BCUT2D eigenvalue weighted by Gasteiger charge is 2.41. The summed E-state index contributed by atoms with van der Waals surface area (Å²) in [6, 6.07) is 2.76. The van der Waals surface area contributed by atoms with E-state index in [1.165, 1.54) is 18.4 Å². The maximum Gasteiger partial charge on any atom is 0.311 e. The van der Waals surface area contributed by atoms with Gasteiger partial charge >= 0.3 is 5.97 Å². The molecular formula is C11H15NO6S. The lowest BCUT2D eigenvalue weighted by Crippen LogP contribution is -2.46. The molecule has 2 rings (SSSR count). The minimum atomic E-state index is -3.81. The van der Waals surface area contributed by atoms with Crippen LogP contribution in [0, 0.1) is 5.41 Å². The van der Waals surface area contributed by atoms with Crippen LogP contribution in [0.15, 0.2) is 27.9 Å². The number of furan rings is 1. The molecule has 0 spiro atoms. The standard InChI is InChI=1S/C11H15NO6S/c13-10(14)11(3-6-17-7-4-11)8-12-19(15,16)9-2-1-5-18-9/h1-2,5,12H,3-4,6-8H2,(H,13,14). The van der Waals surface area contributed by atoms with E-state index in [0.29, 0.717) is 13.2 Å². The van der Waals surface area contributed by atoms with E-state index < -0.39 is 21.4 Å². The van der Waals surface area contributed by atoms with Crippen LogP contribution in [0.1, 0.15) is 12.8 Å². The third-order valence-corrected chi connectivity index (χ3v) is 4.55. The predicted octanol–water partition coefficient (Wildman–Crippen LogP) is 0.439. The molecule has 1 aromatic heterocycles. The molecule has 0 unspecified atom stereocenters. The lowest BCUT2D eigenvalue weighted by molar-refractivity contribution is -0.154. The summed E-state index contributed by atoms with van der Waals surface area (Å²) >= 11 is 0. The summed E-state index contributed by atoms with van der Waals surface area (Å²) in [5, 5.41) is 9.08. The normalized spacial score (nSPS) is 19.2.